The Bertz CT molecular complexity index is 997. The minimum atomic E-state index is -1.18. The van der Waals surface area contributed by atoms with Crippen LogP contribution in [0.5, 0.6) is 11.5 Å². The fraction of sp³-hybridized carbons (Fsp3) is 0.429. The second kappa shape index (κ2) is 20.3. The Morgan fingerprint density at radius 1 is 0.500 bits per heavy atom. The minimum Gasteiger partial charge on any atom is -0.494 e. The molecular formula is C28H34O14. The predicted octanol–water partition coefficient (Wildman–Crippen LogP) is 5.84. The van der Waals surface area contributed by atoms with E-state index in [0.717, 1.165) is 12.8 Å². The molecule has 0 radical (unpaired) electrons. The van der Waals surface area contributed by atoms with Gasteiger partial charge >= 0.3 is 24.2 Å². The van der Waals surface area contributed by atoms with Gasteiger partial charge in [0.1, 0.15) is 11.5 Å². The summed E-state index contributed by atoms with van der Waals surface area (Å²) in [5.74, 6) is -0.540. The lowest BCUT2D eigenvalue weighted by molar-refractivity contribution is -0.452. The average Bonchev–Trinajstić information content (AvgIpc) is 3.00. The molecule has 0 bridgehead atoms. The van der Waals surface area contributed by atoms with Crippen molar-refractivity contribution in [2.24, 2.45) is 0 Å². The van der Waals surface area contributed by atoms with Gasteiger partial charge in [-0.1, -0.05) is 13.8 Å². The highest BCUT2D eigenvalue weighted by molar-refractivity contribution is 5.89. The van der Waals surface area contributed by atoms with Crippen LogP contribution in [0.1, 0.15) is 73.1 Å². The van der Waals surface area contributed by atoms with E-state index in [1.807, 2.05) is 13.8 Å². The molecule has 0 amide bonds. The first kappa shape index (κ1) is 33.6. The number of ether oxygens (including phenoxy) is 4. The van der Waals surface area contributed by atoms with E-state index in [2.05, 4.69) is 29.6 Å². The van der Waals surface area contributed by atoms with E-state index in [1.165, 1.54) is 24.3 Å². The van der Waals surface area contributed by atoms with Crippen molar-refractivity contribution in [3.8, 4) is 11.5 Å². The van der Waals surface area contributed by atoms with Gasteiger partial charge in [-0.3, -0.25) is 9.78 Å². The Hall–Kier alpha value is -4.56. The molecule has 0 aliphatic heterocycles. The van der Waals surface area contributed by atoms with Gasteiger partial charge in [0.05, 0.1) is 47.6 Å². The van der Waals surface area contributed by atoms with Crippen LogP contribution in [0.4, 0.5) is 9.59 Å². The van der Waals surface area contributed by atoms with E-state index < -0.39 is 24.2 Å². The van der Waals surface area contributed by atoms with Crippen molar-refractivity contribution in [2.75, 3.05) is 26.4 Å². The summed E-state index contributed by atoms with van der Waals surface area (Å²) < 4.78 is 20.4. The molecule has 42 heavy (non-hydrogen) atoms. The van der Waals surface area contributed by atoms with Crippen molar-refractivity contribution in [3.63, 3.8) is 0 Å². The lowest BCUT2D eigenvalue weighted by Gasteiger charge is -2.06. The summed E-state index contributed by atoms with van der Waals surface area (Å²) >= 11 is 0. The maximum Gasteiger partial charge on any atom is 0.543 e. The Labute approximate surface area is 242 Å². The molecule has 14 heteroatoms. The van der Waals surface area contributed by atoms with Gasteiger partial charge in [0.25, 0.3) is 0 Å². The summed E-state index contributed by atoms with van der Waals surface area (Å²) in [6.45, 7) is 5.10. The van der Waals surface area contributed by atoms with Crippen molar-refractivity contribution in [1.29, 1.82) is 0 Å². The highest BCUT2D eigenvalue weighted by atomic mass is 17.5. The fourth-order valence-corrected chi connectivity index (χ4v) is 2.98. The lowest BCUT2D eigenvalue weighted by Crippen LogP contribution is -2.13. The Morgan fingerprint density at radius 2 is 0.881 bits per heavy atom. The fourth-order valence-electron chi connectivity index (χ4n) is 2.98. The molecule has 14 nitrogen and oxygen atoms in total. The number of hydrogen-bond acceptors (Lipinski definition) is 14. The first-order chi connectivity index (χ1) is 20.4. The SMILES string of the molecule is CCCOc1ccc(C(=O)OOOC(=O)OCCCCCCOC(=O)OOOC(=O)c2ccc(OCCC)cc2)cc1. The van der Waals surface area contributed by atoms with Crippen LogP contribution in [0.25, 0.3) is 0 Å². The molecule has 0 heterocycles. The summed E-state index contributed by atoms with van der Waals surface area (Å²) in [6.07, 6.45) is 1.57. The van der Waals surface area contributed by atoms with E-state index in [1.54, 1.807) is 24.3 Å². The highest BCUT2D eigenvalue weighted by Gasteiger charge is 2.14. The van der Waals surface area contributed by atoms with Crippen molar-refractivity contribution in [1.82, 2.24) is 0 Å². The third kappa shape index (κ3) is 14.2. The second-order valence-electron chi connectivity index (χ2n) is 8.40. The van der Waals surface area contributed by atoms with E-state index >= 15 is 0 Å². The zero-order valence-corrected chi connectivity index (χ0v) is 23.4. The molecule has 0 saturated heterocycles. The van der Waals surface area contributed by atoms with Crippen molar-refractivity contribution in [2.45, 2.75) is 52.4 Å². The molecule has 0 spiro atoms. The maximum atomic E-state index is 11.9. The molecule has 0 aliphatic rings. The normalized spacial score (nSPS) is 10.2. The number of rotatable bonds is 19. The van der Waals surface area contributed by atoms with E-state index in [4.69, 9.17) is 18.9 Å². The molecule has 0 aliphatic carbocycles. The van der Waals surface area contributed by atoms with Crippen molar-refractivity contribution >= 4 is 24.2 Å². The van der Waals surface area contributed by atoms with Gasteiger partial charge in [-0.15, -0.1) is 0 Å². The Morgan fingerprint density at radius 3 is 1.24 bits per heavy atom. The third-order valence-corrected chi connectivity index (χ3v) is 5.03. The summed E-state index contributed by atoms with van der Waals surface area (Å²) in [5, 5.41) is 8.32. The molecule has 0 saturated carbocycles. The third-order valence-electron chi connectivity index (χ3n) is 5.03. The minimum absolute atomic E-state index is 0.0198. The molecular weight excluding hydrogens is 560 g/mol. The molecule has 2 aromatic rings. The van der Waals surface area contributed by atoms with Gasteiger partial charge in [-0.2, -0.15) is 0 Å². The summed E-state index contributed by atoms with van der Waals surface area (Å²) in [4.78, 5) is 63.9. The van der Waals surface area contributed by atoms with Gasteiger partial charge in [-0.25, -0.2) is 29.0 Å². The van der Waals surface area contributed by atoms with Crippen LogP contribution in [-0.4, -0.2) is 50.7 Å². The second-order valence-corrected chi connectivity index (χ2v) is 8.40. The standard InChI is InChI=1S/C28H34O14/c1-3-17-33-23-13-9-21(10-14-23)25(29)37-41-39-27(31)35-19-7-5-6-8-20-36-28(32)40-42-38-26(30)22-11-15-24(16-12-22)34-18-4-2/h9-16H,3-8,17-20H2,1-2H3. The van der Waals surface area contributed by atoms with E-state index in [9.17, 15) is 19.2 Å². The topological polar surface area (TPSA) is 161 Å². The van der Waals surface area contributed by atoms with Gasteiger partial charge in [-0.05, 0) is 87.1 Å². The van der Waals surface area contributed by atoms with Gasteiger partial charge in [0.15, 0.2) is 0 Å². The van der Waals surface area contributed by atoms with Crippen molar-refractivity contribution in [3.05, 3.63) is 59.7 Å². The van der Waals surface area contributed by atoms with Crippen molar-refractivity contribution < 1.29 is 67.8 Å². The Balaban J connectivity index is 1.42. The van der Waals surface area contributed by atoms with Crippen LogP contribution in [0.3, 0.4) is 0 Å². The van der Waals surface area contributed by atoms with Crippen LogP contribution in [0.15, 0.2) is 48.5 Å². The molecule has 0 atom stereocenters. The molecule has 0 aromatic heterocycles. The van der Waals surface area contributed by atoms with Crippen LogP contribution in [0, 0.1) is 0 Å². The summed E-state index contributed by atoms with van der Waals surface area (Å²) in [7, 11) is 0. The molecule has 230 valence electrons. The number of hydrogen-bond donors (Lipinski definition) is 0. The molecule has 2 rings (SSSR count). The Kier molecular flexibility index (Phi) is 16.3. The first-order valence-corrected chi connectivity index (χ1v) is 13.3. The number of carbonyl (C=O) groups is 4. The predicted molar refractivity (Wildman–Crippen MR) is 141 cm³/mol. The summed E-state index contributed by atoms with van der Waals surface area (Å²) in [6, 6.07) is 12.3. The van der Waals surface area contributed by atoms with Crippen LogP contribution in [-0.2, 0) is 39.1 Å². The summed E-state index contributed by atoms with van der Waals surface area (Å²) in [5.41, 5.74) is 0.332. The number of unbranched alkanes of at least 4 members (excludes halogenated alkanes) is 3. The van der Waals surface area contributed by atoms with E-state index in [0.29, 0.717) is 50.4 Å². The van der Waals surface area contributed by atoms with E-state index in [-0.39, 0.29) is 24.3 Å². The highest BCUT2D eigenvalue weighted by Crippen LogP contribution is 2.14. The average molecular weight is 595 g/mol. The van der Waals surface area contributed by atoms with Crippen LogP contribution >= 0.6 is 0 Å². The quantitative estimate of drug-likeness (QED) is 0.0825. The van der Waals surface area contributed by atoms with Crippen LogP contribution in [0.2, 0.25) is 0 Å². The molecule has 0 N–H and O–H groups in total. The molecule has 0 fully saturated rings. The smallest absolute Gasteiger partial charge is 0.494 e. The monoisotopic (exact) mass is 594 g/mol. The zero-order valence-electron chi connectivity index (χ0n) is 23.4. The lowest BCUT2D eigenvalue weighted by atomic mass is 10.2. The number of carbonyl (C=O) groups excluding carboxylic acids is 4. The van der Waals surface area contributed by atoms with Gasteiger partial charge < -0.3 is 18.9 Å². The zero-order chi connectivity index (χ0) is 30.4. The largest absolute Gasteiger partial charge is 0.543 e. The first-order valence-electron chi connectivity index (χ1n) is 13.3. The molecule has 0 unspecified atom stereocenters. The maximum absolute atomic E-state index is 11.9. The van der Waals surface area contributed by atoms with Gasteiger partial charge in [0.2, 0.25) is 0 Å². The number of benzene rings is 2. The molecule has 2 aromatic carbocycles. The van der Waals surface area contributed by atoms with Gasteiger partial charge in [0, 0.05) is 0 Å². The van der Waals surface area contributed by atoms with Crippen LogP contribution < -0.4 is 9.47 Å².